The van der Waals surface area contributed by atoms with Crippen molar-refractivity contribution in [1.82, 2.24) is 10.2 Å². The van der Waals surface area contributed by atoms with Gasteiger partial charge < -0.3 is 25.4 Å². The maximum Gasteiger partial charge on any atom is 0.408 e. The Morgan fingerprint density at radius 3 is 2.03 bits per heavy atom. The number of benzene rings is 2. The molecule has 0 aromatic heterocycles. The number of nitrogens with one attached hydrogen (secondary N) is 2. The maximum absolute atomic E-state index is 14.0. The van der Waals surface area contributed by atoms with E-state index in [1.807, 2.05) is 52.8 Å². The molecule has 1 atom stereocenters. The summed E-state index contributed by atoms with van der Waals surface area (Å²) in [6, 6.07) is 9.65. The van der Waals surface area contributed by atoms with Crippen LogP contribution in [0.2, 0.25) is 0 Å². The number of phenols is 1. The summed E-state index contributed by atoms with van der Waals surface area (Å²) in [5.74, 6) is -1.01. The first kappa shape index (κ1) is 29.7. The predicted molar refractivity (Wildman–Crippen MR) is 146 cm³/mol. The minimum atomic E-state index is -1.17. The predicted octanol–water partition coefficient (Wildman–Crippen LogP) is 5.54. The fraction of sp³-hybridized carbons (Fsp3) is 0.483. The number of carbonyl (C=O) groups is 3. The molecule has 3 N–H and O–H groups in total. The van der Waals surface area contributed by atoms with E-state index >= 15 is 0 Å². The van der Waals surface area contributed by atoms with Gasteiger partial charge in [0.25, 0.3) is 5.91 Å². The van der Waals surface area contributed by atoms with Crippen molar-refractivity contribution in [3.8, 4) is 5.75 Å². The van der Waals surface area contributed by atoms with Gasteiger partial charge in [0.2, 0.25) is 5.91 Å². The van der Waals surface area contributed by atoms with Crippen LogP contribution in [0, 0.1) is 20.8 Å². The summed E-state index contributed by atoms with van der Waals surface area (Å²) in [4.78, 5) is 41.4. The Morgan fingerprint density at radius 1 is 0.946 bits per heavy atom. The standard InChI is InChI=1S/C29H41N3O5/c1-10-29(8,9)32(22(33)17-30-27(36)37-28(5,6)7)24(21-16-12-15-20(4)25(21)34)26(35)31-23-18(2)13-11-14-19(23)3/h11-16,24,34H,10,17H2,1-9H3,(H,30,36)(H,31,35). The Bertz CT molecular complexity index is 1130. The van der Waals surface area contributed by atoms with Gasteiger partial charge in [0.15, 0.2) is 0 Å². The number of hydrogen-bond donors (Lipinski definition) is 3. The second kappa shape index (κ2) is 11.7. The number of aryl methyl sites for hydroxylation is 3. The first-order valence-corrected chi connectivity index (χ1v) is 12.5. The van der Waals surface area contributed by atoms with E-state index < -0.39 is 35.1 Å². The highest BCUT2D eigenvalue weighted by Gasteiger charge is 2.41. The molecule has 0 fully saturated rings. The second-order valence-corrected chi connectivity index (χ2v) is 11.0. The summed E-state index contributed by atoms with van der Waals surface area (Å²) in [5.41, 5.74) is 1.76. The molecule has 2 aromatic rings. The number of amides is 3. The van der Waals surface area contributed by atoms with Crippen molar-refractivity contribution in [2.24, 2.45) is 0 Å². The van der Waals surface area contributed by atoms with Crippen molar-refractivity contribution >= 4 is 23.6 Å². The minimum Gasteiger partial charge on any atom is -0.507 e. The number of rotatable bonds is 8. The molecule has 3 amide bonds. The molecule has 0 bridgehead atoms. The Morgan fingerprint density at radius 2 is 1.49 bits per heavy atom. The summed E-state index contributed by atoms with van der Waals surface area (Å²) in [7, 11) is 0. The van der Waals surface area contributed by atoms with Gasteiger partial charge in [0, 0.05) is 16.8 Å². The molecule has 1 unspecified atom stereocenters. The number of para-hydroxylation sites is 2. The minimum absolute atomic E-state index is 0.0611. The van der Waals surface area contributed by atoms with Crippen molar-refractivity contribution in [3.63, 3.8) is 0 Å². The van der Waals surface area contributed by atoms with Crippen molar-refractivity contribution in [2.45, 2.75) is 85.9 Å². The lowest BCUT2D eigenvalue weighted by atomic mass is 9.91. The Labute approximate surface area is 220 Å². The van der Waals surface area contributed by atoms with E-state index in [1.165, 1.54) is 4.90 Å². The van der Waals surface area contributed by atoms with Gasteiger partial charge in [-0.2, -0.15) is 0 Å². The molecule has 37 heavy (non-hydrogen) atoms. The van der Waals surface area contributed by atoms with Gasteiger partial charge in [-0.15, -0.1) is 0 Å². The third-order valence-electron chi connectivity index (χ3n) is 6.37. The summed E-state index contributed by atoms with van der Waals surface area (Å²) in [6.45, 7) is 16.0. The fourth-order valence-corrected chi connectivity index (χ4v) is 4.05. The van der Waals surface area contributed by atoms with Gasteiger partial charge in [-0.25, -0.2) is 4.79 Å². The van der Waals surface area contributed by atoms with Crippen LogP contribution in [0.1, 0.15) is 76.3 Å². The number of alkyl carbamates (subject to hydrolysis) is 1. The molecule has 8 heteroatoms. The van der Waals surface area contributed by atoms with Gasteiger partial charge in [0.1, 0.15) is 23.9 Å². The van der Waals surface area contributed by atoms with Crippen LogP contribution >= 0.6 is 0 Å². The Hall–Kier alpha value is -3.55. The molecule has 0 radical (unpaired) electrons. The molecule has 8 nitrogen and oxygen atoms in total. The normalized spacial score (nSPS) is 12.5. The number of nitrogens with zero attached hydrogens (tertiary/aromatic N) is 1. The summed E-state index contributed by atoms with van der Waals surface area (Å²) < 4.78 is 5.27. The molecule has 0 aliphatic heterocycles. The van der Waals surface area contributed by atoms with Gasteiger partial charge in [-0.3, -0.25) is 9.59 Å². The summed E-state index contributed by atoms with van der Waals surface area (Å²) in [5, 5.41) is 16.5. The van der Waals surface area contributed by atoms with Crippen molar-refractivity contribution in [2.75, 3.05) is 11.9 Å². The van der Waals surface area contributed by atoms with E-state index in [9.17, 15) is 19.5 Å². The van der Waals surface area contributed by atoms with Crippen LogP contribution in [0.25, 0.3) is 0 Å². The SMILES string of the molecule is CCC(C)(C)N(C(=O)CNC(=O)OC(C)(C)C)C(C(=O)Nc1c(C)cccc1C)c1cccc(C)c1O. The van der Waals surface area contributed by atoms with Crippen LogP contribution < -0.4 is 10.6 Å². The molecule has 0 heterocycles. The van der Waals surface area contributed by atoms with E-state index in [2.05, 4.69) is 10.6 Å². The van der Waals surface area contributed by atoms with Crippen LogP contribution in [0.15, 0.2) is 36.4 Å². The van der Waals surface area contributed by atoms with Gasteiger partial charge in [0.05, 0.1) is 0 Å². The summed E-state index contributed by atoms with van der Waals surface area (Å²) in [6.07, 6.45) is -0.213. The van der Waals surface area contributed by atoms with Crippen LogP contribution in [-0.4, -0.2) is 45.6 Å². The van der Waals surface area contributed by atoms with Crippen molar-refractivity contribution in [3.05, 3.63) is 58.7 Å². The van der Waals surface area contributed by atoms with Gasteiger partial charge in [-0.1, -0.05) is 43.3 Å². The topological polar surface area (TPSA) is 108 Å². The van der Waals surface area contributed by atoms with Crippen LogP contribution in [0.4, 0.5) is 10.5 Å². The third-order valence-corrected chi connectivity index (χ3v) is 6.37. The second-order valence-electron chi connectivity index (χ2n) is 11.0. The van der Waals surface area contributed by atoms with Gasteiger partial charge in [-0.05, 0) is 78.5 Å². The first-order valence-electron chi connectivity index (χ1n) is 12.5. The highest BCUT2D eigenvalue weighted by Crippen LogP contribution is 2.37. The molecule has 0 spiro atoms. The maximum atomic E-state index is 14.0. The van der Waals surface area contributed by atoms with E-state index in [1.54, 1.807) is 45.9 Å². The molecule has 0 saturated carbocycles. The molecule has 0 saturated heterocycles. The Kier molecular flexibility index (Phi) is 9.36. The number of carbonyl (C=O) groups excluding carboxylic acids is 3. The van der Waals surface area contributed by atoms with Crippen LogP contribution in [-0.2, 0) is 14.3 Å². The average molecular weight is 512 g/mol. The van der Waals surface area contributed by atoms with E-state index in [0.29, 0.717) is 23.2 Å². The van der Waals surface area contributed by atoms with Crippen LogP contribution in [0.3, 0.4) is 0 Å². The first-order chi connectivity index (χ1) is 17.1. The van der Waals surface area contributed by atoms with Crippen molar-refractivity contribution in [1.29, 1.82) is 0 Å². The largest absolute Gasteiger partial charge is 0.507 e. The Balaban J connectivity index is 2.58. The monoisotopic (exact) mass is 511 g/mol. The number of anilines is 1. The number of ether oxygens (including phenoxy) is 1. The summed E-state index contributed by atoms with van der Waals surface area (Å²) >= 11 is 0. The van der Waals surface area contributed by atoms with E-state index in [-0.39, 0.29) is 12.3 Å². The average Bonchev–Trinajstić information content (AvgIpc) is 2.79. The number of hydrogen-bond acceptors (Lipinski definition) is 5. The lowest BCUT2D eigenvalue weighted by molar-refractivity contribution is -0.145. The van der Waals surface area contributed by atoms with Crippen molar-refractivity contribution < 1.29 is 24.2 Å². The molecular formula is C29H41N3O5. The number of phenolic OH excluding ortho intramolecular Hbond substituents is 1. The molecule has 2 aromatic carbocycles. The molecule has 0 aliphatic carbocycles. The van der Waals surface area contributed by atoms with Gasteiger partial charge >= 0.3 is 6.09 Å². The fourth-order valence-electron chi connectivity index (χ4n) is 4.05. The van der Waals surface area contributed by atoms with E-state index in [0.717, 1.165) is 11.1 Å². The highest BCUT2D eigenvalue weighted by molar-refractivity contribution is 6.00. The molecule has 202 valence electrons. The smallest absolute Gasteiger partial charge is 0.408 e. The lowest BCUT2D eigenvalue weighted by Gasteiger charge is -2.43. The van der Waals surface area contributed by atoms with Crippen LogP contribution in [0.5, 0.6) is 5.75 Å². The third kappa shape index (κ3) is 7.47. The molecule has 0 aliphatic rings. The zero-order valence-electron chi connectivity index (χ0n) is 23.5. The van der Waals surface area contributed by atoms with E-state index in [4.69, 9.17) is 4.74 Å². The zero-order chi connectivity index (χ0) is 28.1. The zero-order valence-corrected chi connectivity index (χ0v) is 23.5. The quantitative estimate of drug-likeness (QED) is 0.431. The molecule has 2 rings (SSSR count). The highest BCUT2D eigenvalue weighted by atomic mass is 16.6. The number of aromatic hydroxyl groups is 1. The molecular weight excluding hydrogens is 470 g/mol. The lowest BCUT2D eigenvalue weighted by Crippen LogP contribution is -2.55.